The standard InChI is InChI=1S/C16H14O5/c17-15-12-5-1-2-6-14(12)21-16(18)13(15)7-9-19-10-11-4-3-8-20-11/h1-6,8,17H,7,9-10H2. The van der Waals surface area contributed by atoms with Gasteiger partial charge in [0.15, 0.2) is 0 Å². The van der Waals surface area contributed by atoms with E-state index in [0.717, 1.165) is 0 Å². The lowest BCUT2D eigenvalue weighted by atomic mass is 10.1. The van der Waals surface area contributed by atoms with Crippen LogP contribution in [0.4, 0.5) is 0 Å². The van der Waals surface area contributed by atoms with Gasteiger partial charge in [0.2, 0.25) is 0 Å². The smallest absolute Gasteiger partial charge is 0.343 e. The maximum Gasteiger partial charge on any atom is 0.343 e. The molecule has 3 rings (SSSR count). The van der Waals surface area contributed by atoms with Crippen LogP contribution in [-0.4, -0.2) is 11.7 Å². The minimum Gasteiger partial charge on any atom is -0.507 e. The van der Waals surface area contributed by atoms with Gasteiger partial charge in [0.05, 0.1) is 23.8 Å². The van der Waals surface area contributed by atoms with Gasteiger partial charge in [-0.25, -0.2) is 4.79 Å². The molecule has 0 amide bonds. The van der Waals surface area contributed by atoms with E-state index in [4.69, 9.17) is 13.6 Å². The van der Waals surface area contributed by atoms with Crippen LogP contribution in [0.15, 0.2) is 56.3 Å². The topological polar surface area (TPSA) is 72.8 Å². The Morgan fingerprint density at radius 2 is 2.00 bits per heavy atom. The van der Waals surface area contributed by atoms with Crippen LogP contribution in [0.3, 0.4) is 0 Å². The molecule has 0 saturated heterocycles. The van der Waals surface area contributed by atoms with Gasteiger partial charge in [-0.3, -0.25) is 0 Å². The zero-order valence-electron chi connectivity index (χ0n) is 11.2. The number of hydrogen-bond donors (Lipinski definition) is 1. The molecule has 0 fully saturated rings. The molecule has 0 bridgehead atoms. The average Bonchev–Trinajstić information content (AvgIpc) is 2.99. The highest BCUT2D eigenvalue weighted by Crippen LogP contribution is 2.26. The summed E-state index contributed by atoms with van der Waals surface area (Å²) in [7, 11) is 0. The van der Waals surface area contributed by atoms with Crippen LogP contribution in [0.25, 0.3) is 11.0 Å². The first kappa shape index (κ1) is 13.5. The maximum atomic E-state index is 11.9. The Hall–Kier alpha value is -2.53. The van der Waals surface area contributed by atoms with Gasteiger partial charge in [-0.1, -0.05) is 12.1 Å². The second-order valence-electron chi connectivity index (χ2n) is 4.59. The molecule has 1 aromatic carbocycles. The fourth-order valence-corrected chi connectivity index (χ4v) is 2.13. The maximum absolute atomic E-state index is 11.9. The molecule has 5 heteroatoms. The third-order valence-electron chi connectivity index (χ3n) is 3.20. The summed E-state index contributed by atoms with van der Waals surface area (Å²) in [5, 5.41) is 10.7. The molecule has 2 heterocycles. The van der Waals surface area contributed by atoms with Crippen LogP contribution in [-0.2, 0) is 17.8 Å². The van der Waals surface area contributed by atoms with Crippen molar-refractivity contribution in [3.05, 3.63) is 64.4 Å². The first-order chi connectivity index (χ1) is 10.3. The number of aromatic hydroxyl groups is 1. The van der Waals surface area contributed by atoms with Crippen LogP contribution in [0.2, 0.25) is 0 Å². The molecule has 0 saturated carbocycles. The quantitative estimate of drug-likeness (QED) is 0.576. The Morgan fingerprint density at radius 3 is 2.81 bits per heavy atom. The SMILES string of the molecule is O=c1oc2ccccc2c(O)c1CCOCc1ccco1. The second kappa shape index (κ2) is 5.85. The number of hydrogen-bond acceptors (Lipinski definition) is 5. The summed E-state index contributed by atoms with van der Waals surface area (Å²) in [6.07, 6.45) is 1.85. The summed E-state index contributed by atoms with van der Waals surface area (Å²) >= 11 is 0. The molecule has 0 unspecified atom stereocenters. The van der Waals surface area contributed by atoms with Crippen molar-refractivity contribution in [1.29, 1.82) is 0 Å². The highest BCUT2D eigenvalue weighted by Gasteiger charge is 2.13. The molecule has 5 nitrogen and oxygen atoms in total. The van der Waals surface area contributed by atoms with Gasteiger partial charge < -0.3 is 18.7 Å². The van der Waals surface area contributed by atoms with Crippen LogP contribution in [0.5, 0.6) is 5.75 Å². The van der Waals surface area contributed by atoms with Gasteiger partial charge >= 0.3 is 5.63 Å². The van der Waals surface area contributed by atoms with E-state index in [9.17, 15) is 9.90 Å². The fourth-order valence-electron chi connectivity index (χ4n) is 2.13. The van der Waals surface area contributed by atoms with Crippen LogP contribution in [0.1, 0.15) is 11.3 Å². The second-order valence-corrected chi connectivity index (χ2v) is 4.59. The lowest BCUT2D eigenvalue weighted by Crippen LogP contribution is -2.11. The molecule has 0 aliphatic carbocycles. The van der Waals surface area contributed by atoms with Crippen molar-refractivity contribution in [1.82, 2.24) is 0 Å². The molecule has 0 spiro atoms. The third-order valence-corrected chi connectivity index (χ3v) is 3.20. The van der Waals surface area contributed by atoms with Gasteiger partial charge in [0.25, 0.3) is 0 Å². The van der Waals surface area contributed by atoms with E-state index in [-0.39, 0.29) is 24.3 Å². The fraction of sp³-hybridized carbons (Fsp3) is 0.188. The largest absolute Gasteiger partial charge is 0.507 e. The average molecular weight is 286 g/mol. The van der Waals surface area contributed by atoms with E-state index in [1.807, 2.05) is 6.07 Å². The predicted octanol–water partition coefficient (Wildman–Crippen LogP) is 2.85. The van der Waals surface area contributed by atoms with E-state index < -0.39 is 5.63 Å². The first-order valence-corrected chi connectivity index (χ1v) is 6.59. The summed E-state index contributed by atoms with van der Waals surface area (Å²) in [6.45, 7) is 0.615. The molecule has 0 aliphatic rings. The molecule has 3 aromatic rings. The van der Waals surface area contributed by atoms with Crippen LogP contribution < -0.4 is 5.63 Å². The van der Waals surface area contributed by atoms with Crippen molar-refractivity contribution in [2.75, 3.05) is 6.61 Å². The van der Waals surface area contributed by atoms with Crippen LogP contribution in [0, 0.1) is 0 Å². The third kappa shape index (κ3) is 2.83. The molecule has 0 radical (unpaired) electrons. The van der Waals surface area contributed by atoms with Crippen molar-refractivity contribution in [3.63, 3.8) is 0 Å². The number of rotatable bonds is 5. The van der Waals surface area contributed by atoms with Crippen molar-refractivity contribution < 1.29 is 18.7 Å². The molecule has 21 heavy (non-hydrogen) atoms. The van der Waals surface area contributed by atoms with E-state index in [1.165, 1.54) is 0 Å². The Labute approximate surface area is 120 Å². The minimum absolute atomic E-state index is 0.0385. The van der Waals surface area contributed by atoms with E-state index >= 15 is 0 Å². The monoisotopic (exact) mass is 286 g/mol. The zero-order valence-corrected chi connectivity index (χ0v) is 11.2. The molecular weight excluding hydrogens is 272 g/mol. The molecule has 0 atom stereocenters. The zero-order chi connectivity index (χ0) is 14.7. The van der Waals surface area contributed by atoms with Crippen molar-refractivity contribution in [2.45, 2.75) is 13.0 Å². The van der Waals surface area contributed by atoms with Gasteiger partial charge in [-0.05, 0) is 24.3 Å². The van der Waals surface area contributed by atoms with Crippen molar-refractivity contribution in [3.8, 4) is 5.75 Å². The van der Waals surface area contributed by atoms with E-state index in [0.29, 0.717) is 23.3 Å². The van der Waals surface area contributed by atoms with Crippen molar-refractivity contribution in [2.24, 2.45) is 0 Å². The molecule has 2 aromatic heterocycles. The number of benzene rings is 1. The van der Waals surface area contributed by atoms with Crippen molar-refractivity contribution >= 4 is 11.0 Å². The van der Waals surface area contributed by atoms with Crippen LogP contribution >= 0.6 is 0 Å². The van der Waals surface area contributed by atoms with E-state index in [2.05, 4.69) is 0 Å². The highest BCUT2D eigenvalue weighted by atomic mass is 16.5. The number of ether oxygens (including phenoxy) is 1. The number of fused-ring (bicyclic) bond motifs is 1. The summed E-state index contributed by atoms with van der Waals surface area (Å²) in [5.41, 5.74) is 0.0706. The summed E-state index contributed by atoms with van der Waals surface area (Å²) < 4.78 is 15.7. The molecule has 1 N–H and O–H groups in total. The Morgan fingerprint density at radius 1 is 1.14 bits per heavy atom. The van der Waals surface area contributed by atoms with Gasteiger partial charge in [0, 0.05) is 6.42 Å². The van der Waals surface area contributed by atoms with Gasteiger partial charge in [-0.15, -0.1) is 0 Å². The van der Waals surface area contributed by atoms with Gasteiger partial charge in [0.1, 0.15) is 23.7 Å². The lowest BCUT2D eigenvalue weighted by molar-refractivity contribution is 0.108. The minimum atomic E-state index is -0.534. The summed E-state index contributed by atoms with van der Waals surface area (Å²) in [4.78, 5) is 11.9. The highest BCUT2D eigenvalue weighted by molar-refractivity contribution is 5.83. The molecule has 108 valence electrons. The summed E-state index contributed by atoms with van der Waals surface area (Å²) in [6, 6.07) is 10.5. The molecular formula is C16H14O5. The number of furan rings is 1. The number of para-hydroxylation sites is 1. The van der Waals surface area contributed by atoms with E-state index in [1.54, 1.807) is 36.6 Å². The lowest BCUT2D eigenvalue weighted by Gasteiger charge is -2.06. The Balaban J connectivity index is 1.73. The Kier molecular flexibility index (Phi) is 3.75. The first-order valence-electron chi connectivity index (χ1n) is 6.59. The Bertz CT molecular complexity index is 786. The predicted molar refractivity (Wildman–Crippen MR) is 76.2 cm³/mol. The summed E-state index contributed by atoms with van der Waals surface area (Å²) in [5.74, 6) is 0.674. The molecule has 0 aliphatic heterocycles. The van der Waals surface area contributed by atoms with Gasteiger partial charge in [-0.2, -0.15) is 0 Å². The normalized spacial score (nSPS) is 11.0.